The third-order valence-corrected chi connectivity index (χ3v) is 3.00. The highest BCUT2D eigenvalue weighted by molar-refractivity contribution is 6.07. The number of carboxylic acid groups (broad SMARTS) is 1. The molecule has 0 spiro atoms. The molecule has 0 bridgehead atoms. The fraction of sp³-hybridized carbons (Fsp3) is 0. The lowest BCUT2D eigenvalue weighted by Crippen LogP contribution is -2.35. The Hall–Kier alpha value is -4.00. The lowest BCUT2D eigenvalue weighted by Gasteiger charge is -2.10. The van der Waals surface area contributed by atoms with Gasteiger partial charge in [0, 0.05) is 5.56 Å². The third-order valence-electron chi connectivity index (χ3n) is 3.00. The molecule has 2 rings (SSSR count). The van der Waals surface area contributed by atoms with E-state index in [4.69, 9.17) is 23.8 Å². The Morgan fingerprint density at radius 3 is 2.62 bits per heavy atom. The largest absolute Gasteiger partial charge is 0.478 e. The fourth-order valence-corrected chi connectivity index (χ4v) is 1.89. The Morgan fingerprint density at radius 1 is 1.38 bits per heavy atom. The Balaban J connectivity index is 2.41. The number of carbonyl (C=O) groups is 2. The number of hydrogen-bond donors (Lipinski definition) is 5. The van der Waals surface area contributed by atoms with Crippen molar-refractivity contribution in [3.05, 3.63) is 46.6 Å². The van der Waals surface area contributed by atoms with Gasteiger partial charge in [0.05, 0.1) is 16.9 Å². The van der Waals surface area contributed by atoms with Crippen LogP contribution in [0.25, 0.3) is 0 Å². The summed E-state index contributed by atoms with van der Waals surface area (Å²) in [6.07, 6.45) is 5.23. The average molecular weight is 327 g/mol. The van der Waals surface area contributed by atoms with E-state index in [2.05, 4.69) is 21.4 Å². The van der Waals surface area contributed by atoms with Crippen LogP contribution in [0.4, 0.5) is 11.4 Å². The first-order chi connectivity index (χ1) is 11.4. The summed E-state index contributed by atoms with van der Waals surface area (Å²) in [5.74, 6) is 11.0. The summed E-state index contributed by atoms with van der Waals surface area (Å²) in [4.78, 5) is 24.3. The molecule has 0 saturated carbocycles. The molecule has 10 nitrogen and oxygen atoms in total. The Bertz CT molecular complexity index is 914. The van der Waals surface area contributed by atoms with Crippen LogP contribution >= 0.6 is 0 Å². The van der Waals surface area contributed by atoms with Crippen LogP contribution in [0, 0.1) is 12.3 Å². The van der Waals surface area contributed by atoms with Crippen LogP contribution < -0.4 is 28.2 Å². The van der Waals surface area contributed by atoms with Gasteiger partial charge in [-0.3, -0.25) is 4.79 Å². The minimum Gasteiger partial charge on any atom is -0.478 e. The second-order valence-corrected chi connectivity index (χ2v) is 4.55. The summed E-state index contributed by atoms with van der Waals surface area (Å²) in [6, 6.07) is 5.34. The number of nitrogen functional groups attached to an aromatic ring is 2. The number of aromatic carboxylic acids is 1. The topological polar surface area (TPSA) is 175 Å². The van der Waals surface area contributed by atoms with Crippen LogP contribution in [-0.4, -0.2) is 26.9 Å². The lowest BCUT2D eigenvalue weighted by atomic mass is 10.1. The summed E-state index contributed by atoms with van der Waals surface area (Å²) >= 11 is 0. The average Bonchev–Trinajstić information content (AvgIpc) is 2.54. The van der Waals surface area contributed by atoms with Crippen LogP contribution in [0.5, 0.6) is 0 Å². The van der Waals surface area contributed by atoms with Crippen LogP contribution in [0.1, 0.15) is 26.4 Å². The van der Waals surface area contributed by atoms with Gasteiger partial charge in [0.25, 0.3) is 5.91 Å². The summed E-state index contributed by atoms with van der Waals surface area (Å²) in [5.41, 5.74) is 5.77. The molecule has 122 valence electrons. The van der Waals surface area contributed by atoms with Gasteiger partial charge in [-0.15, -0.1) is 11.5 Å². The second kappa shape index (κ2) is 6.41. The Kier molecular flexibility index (Phi) is 4.37. The van der Waals surface area contributed by atoms with Gasteiger partial charge in [-0.05, 0) is 24.3 Å². The minimum atomic E-state index is -1.25. The van der Waals surface area contributed by atoms with E-state index < -0.39 is 11.9 Å². The van der Waals surface area contributed by atoms with Crippen molar-refractivity contribution in [3.8, 4) is 12.3 Å². The quantitative estimate of drug-likeness (QED) is 0.269. The zero-order valence-corrected chi connectivity index (χ0v) is 12.2. The number of anilines is 2. The number of hydrogen-bond acceptors (Lipinski definition) is 7. The van der Waals surface area contributed by atoms with E-state index in [1.165, 1.54) is 24.3 Å². The molecule has 1 aromatic heterocycles. The number of benzene rings is 1. The third kappa shape index (κ3) is 3.09. The molecule has 0 atom stereocenters. The van der Waals surface area contributed by atoms with Gasteiger partial charge in [-0.25, -0.2) is 4.79 Å². The first kappa shape index (κ1) is 16.4. The van der Waals surface area contributed by atoms with Crippen molar-refractivity contribution in [2.75, 3.05) is 16.9 Å². The van der Waals surface area contributed by atoms with E-state index in [0.717, 1.165) is 4.79 Å². The zero-order chi connectivity index (χ0) is 17.9. The van der Waals surface area contributed by atoms with E-state index in [9.17, 15) is 14.7 Å². The molecule has 0 unspecified atom stereocenters. The standard InChI is InChI=1S/C14H13N7O3/c1-2-7-3-4-10(8(5-7)14(23)24)18-13(22)11-6-9(15)12(19-16)21(17)20-11/h1,3-6H,15-17H2,(H,18,22)(H,23,24)/b19-12-. The van der Waals surface area contributed by atoms with E-state index >= 15 is 0 Å². The van der Waals surface area contributed by atoms with Gasteiger partial charge in [0.15, 0.2) is 5.69 Å². The molecule has 1 amide bonds. The highest BCUT2D eigenvalue weighted by atomic mass is 16.4. The first-order valence-electron chi connectivity index (χ1n) is 6.41. The van der Waals surface area contributed by atoms with Gasteiger partial charge >= 0.3 is 5.97 Å². The molecular formula is C14H13N7O3. The second-order valence-electron chi connectivity index (χ2n) is 4.55. The molecule has 0 radical (unpaired) electrons. The number of carbonyl (C=O) groups excluding carboxylic acids is 1. The zero-order valence-electron chi connectivity index (χ0n) is 12.2. The molecule has 0 saturated heterocycles. The SMILES string of the molecule is C#Cc1ccc(NC(=O)c2cc(N)/c(=N/N)n(N)n2)c(C(=O)O)c1. The fourth-order valence-electron chi connectivity index (χ4n) is 1.89. The maximum atomic E-state index is 12.3. The number of nitrogens with one attached hydrogen (secondary N) is 1. The molecule has 10 heteroatoms. The van der Waals surface area contributed by atoms with E-state index in [1.54, 1.807) is 0 Å². The highest BCUT2D eigenvalue weighted by Crippen LogP contribution is 2.18. The van der Waals surface area contributed by atoms with Crippen LogP contribution in [0.2, 0.25) is 0 Å². The number of nitrogens with two attached hydrogens (primary N) is 3. The van der Waals surface area contributed by atoms with Crippen molar-refractivity contribution in [3.63, 3.8) is 0 Å². The number of carboxylic acids is 1. The normalized spacial score (nSPS) is 10.9. The lowest BCUT2D eigenvalue weighted by molar-refractivity contribution is 0.0698. The minimum absolute atomic E-state index is 0.0175. The summed E-state index contributed by atoms with van der Waals surface area (Å²) < 4.78 is 0. The van der Waals surface area contributed by atoms with Gasteiger partial charge in [-0.1, -0.05) is 5.92 Å². The maximum absolute atomic E-state index is 12.3. The van der Waals surface area contributed by atoms with Crippen molar-refractivity contribution >= 4 is 23.3 Å². The van der Waals surface area contributed by atoms with Crippen molar-refractivity contribution in [2.45, 2.75) is 0 Å². The molecule has 1 heterocycles. The molecule has 0 fully saturated rings. The van der Waals surface area contributed by atoms with Crippen molar-refractivity contribution in [2.24, 2.45) is 10.9 Å². The van der Waals surface area contributed by atoms with Gasteiger partial charge in [-0.2, -0.15) is 9.89 Å². The van der Waals surface area contributed by atoms with Crippen molar-refractivity contribution < 1.29 is 14.7 Å². The summed E-state index contributed by atoms with van der Waals surface area (Å²) in [6.45, 7) is 0. The highest BCUT2D eigenvalue weighted by Gasteiger charge is 2.16. The number of nitrogens with zero attached hydrogens (tertiary/aromatic N) is 3. The number of rotatable bonds is 3. The molecular weight excluding hydrogens is 314 g/mol. The molecule has 1 aromatic carbocycles. The maximum Gasteiger partial charge on any atom is 0.337 e. The van der Waals surface area contributed by atoms with Crippen LogP contribution in [0.15, 0.2) is 29.4 Å². The molecule has 0 aliphatic heterocycles. The predicted molar refractivity (Wildman–Crippen MR) is 85.8 cm³/mol. The summed E-state index contributed by atoms with van der Waals surface area (Å²) in [7, 11) is 0. The molecule has 8 N–H and O–H groups in total. The predicted octanol–water partition coefficient (Wildman–Crippen LogP) is -1.11. The van der Waals surface area contributed by atoms with E-state index in [-0.39, 0.29) is 28.1 Å². The molecule has 0 aliphatic rings. The first-order valence-corrected chi connectivity index (χ1v) is 6.41. The monoisotopic (exact) mass is 327 g/mol. The van der Waals surface area contributed by atoms with Crippen molar-refractivity contribution in [1.29, 1.82) is 0 Å². The van der Waals surface area contributed by atoms with Crippen LogP contribution in [-0.2, 0) is 0 Å². The molecule has 2 aromatic rings. The van der Waals surface area contributed by atoms with Gasteiger partial charge in [0.1, 0.15) is 0 Å². The smallest absolute Gasteiger partial charge is 0.337 e. The molecule has 24 heavy (non-hydrogen) atoms. The van der Waals surface area contributed by atoms with Crippen LogP contribution in [0.3, 0.4) is 0 Å². The van der Waals surface area contributed by atoms with E-state index in [1.807, 2.05) is 0 Å². The van der Waals surface area contributed by atoms with Crippen molar-refractivity contribution in [1.82, 2.24) is 9.89 Å². The number of terminal acetylenes is 1. The Morgan fingerprint density at radius 2 is 2.08 bits per heavy atom. The molecule has 0 aliphatic carbocycles. The van der Waals surface area contributed by atoms with Gasteiger partial charge < -0.3 is 27.8 Å². The summed E-state index contributed by atoms with van der Waals surface area (Å²) in [5, 5.41) is 18.7. The Labute approximate surface area is 135 Å². The number of amides is 1. The number of aromatic nitrogens is 2. The van der Waals surface area contributed by atoms with Gasteiger partial charge in [0.2, 0.25) is 5.49 Å². The van der Waals surface area contributed by atoms with E-state index in [0.29, 0.717) is 5.56 Å².